The van der Waals surface area contributed by atoms with Gasteiger partial charge in [0.05, 0.1) is 11.1 Å². The van der Waals surface area contributed by atoms with Crippen LogP contribution in [0.15, 0.2) is 36.4 Å². The third kappa shape index (κ3) is 3.44. The van der Waals surface area contributed by atoms with Gasteiger partial charge in [0.2, 0.25) is 0 Å². The van der Waals surface area contributed by atoms with Crippen molar-refractivity contribution in [3.05, 3.63) is 58.8 Å². The number of pyridine rings is 1. The molecule has 0 aliphatic carbocycles. The predicted molar refractivity (Wildman–Crippen MR) is 78.0 cm³/mol. The molecule has 1 aromatic heterocycles. The van der Waals surface area contributed by atoms with Crippen molar-refractivity contribution >= 4 is 11.6 Å². The van der Waals surface area contributed by atoms with Crippen LogP contribution in [0.5, 0.6) is 0 Å². The van der Waals surface area contributed by atoms with E-state index in [0.29, 0.717) is 12.4 Å². The number of hydrogen-bond acceptors (Lipinski definition) is 3. The highest BCUT2D eigenvalue weighted by molar-refractivity contribution is 6.11. The van der Waals surface area contributed by atoms with Gasteiger partial charge in [-0.2, -0.15) is 13.2 Å². The van der Waals surface area contributed by atoms with Crippen LogP contribution in [0, 0.1) is 6.92 Å². The average molecular weight is 308 g/mol. The van der Waals surface area contributed by atoms with E-state index in [2.05, 4.69) is 10.3 Å². The maximum absolute atomic E-state index is 12.8. The Kier molecular flexibility index (Phi) is 4.49. The molecule has 22 heavy (non-hydrogen) atoms. The van der Waals surface area contributed by atoms with Crippen LogP contribution in [-0.2, 0) is 6.18 Å². The first kappa shape index (κ1) is 16.0. The van der Waals surface area contributed by atoms with Gasteiger partial charge in [0.15, 0.2) is 5.78 Å². The summed E-state index contributed by atoms with van der Waals surface area (Å²) >= 11 is 0. The minimum atomic E-state index is -4.48. The van der Waals surface area contributed by atoms with E-state index in [1.54, 1.807) is 19.1 Å². The molecule has 1 N–H and O–H groups in total. The van der Waals surface area contributed by atoms with Gasteiger partial charge < -0.3 is 5.32 Å². The Labute approximate surface area is 126 Å². The lowest BCUT2D eigenvalue weighted by molar-refractivity contribution is -0.137. The minimum absolute atomic E-state index is 0.0142. The first-order chi connectivity index (χ1) is 10.3. The summed E-state index contributed by atoms with van der Waals surface area (Å²) in [7, 11) is 0. The van der Waals surface area contributed by atoms with Crippen molar-refractivity contribution in [1.82, 2.24) is 4.98 Å². The van der Waals surface area contributed by atoms with Crippen LogP contribution in [0.25, 0.3) is 0 Å². The van der Waals surface area contributed by atoms with Gasteiger partial charge in [0.25, 0.3) is 0 Å². The van der Waals surface area contributed by atoms with E-state index in [-0.39, 0.29) is 11.1 Å². The standard InChI is InChI=1S/C16H15F3N2O/c1-3-20-15-13(8-7-10(2)21-15)14(22)11-5-4-6-12(9-11)16(17,18)19/h4-9H,3H2,1-2H3,(H,20,21). The third-order valence-electron chi connectivity index (χ3n) is 3.08. The maximum Gasteiger partial charge on any atom is 0.416 e. The lowest BCUT2D eigenvalue weighted by Gasteiger charge is -2.11. The lowest BCUT2D eigenvalue weighted by Crippen LogP contribution is -2.11. The molecule has 2 rings (SSSR count). The van der Waals surface area contributed by atoms with Gasteiger partial charge in [0.1, 0.15) is 5.82 Å². The minimum Gasteiger partial charge on any atom is -0.370 e. The molecule has 3 nitrogen and oxygen atoms in total. The number of alkyl halides is 3. The Bertz CT molecular complexity index is 696. The second-order valence-electron chi connectivity index (χ2n) is 4.79. The third-order valence-corrected chi connectivity index (χ3v) is 3.08. The molecule has 0 aliphatic rings. The zero-order valence-corrected chi connectivity index (χ0v) is 12.2. The second kappa shape index (κ2) is 6.17. The largest absolute Gasteiger partial charge is 0.416 e. The number of ketones is 1. The van der Waals surface area contributed by atoms with Gasteiger partial charge in [-0.05, 0) is 38.1 Å². The van der Waals surface area contributed by atoms with Crippen LogP contribution < -0.4 is 5.32 Å². The molecular weight excluding hydrogens is 293 g/mol. The van der Waals surface area contributed by atoms with E-state index in [1.807, 2.05) is 6.92 Å². The summed E-state index contributed by atoms with van der Waals surface area (Å²) in [6.45, 7) is 4.18. The average Bonchev–Trinajstić information content (AvgIpc) is 2.46. The number of nitrogens with one attached hydrogen (secondary N) is 1. The van der Waals surface area contributed by atoms with Crippen molar-refractivity contribution in [2.24, 2.45) is 0 Å². The van der Waals surface area contributed by atoms with Gasteiger partial charge in [-0.3, -0.25) is 4.79 Å². The first-order valence-corrected chi connectivity index (χ1v) is 6.76. The normalized spacial score (nSPS) is 11.3. The van der Waals surface area contributed by atoms with Gasteiger partial charge in [-0.25, -0.2) is 4.98 Å². The number of nitrogens with zero attached hydrogens (tertiary/aromatic N) is 1. The zero-order valence-electron chi connectivity index (χ0n) is 12.2. The molecule has 0 saturated carbocycles. The maximum atomic E-state index is 12.8. The van der Waals surface area contributed by atoms with Crippen molar-refractivity contribution in [1.29, 1.82) is 0 Å². The van der Waals surface area contributed by atoms with Crippen LogP contribution in [0.1, 0.15) is 34.1 Å². The molecule has 1 aromatic carbocycles. The molecule has 0 bridgehead atoms. The molecule has 0 amide bonds. The number of carbonyl (C=O) groups excluding carboxylic acids is 1. The highest BCUT2D eigenvalue weighted by Gasteiger charge is 2.31. The molecule has 0 spiro atoms. The summed E-state index contributed by atoms with van der Waals surface area (Å²) in [6.07, 6.45) is -4.48. The Morgan fingerprint density at radius 2 is 1.95 bits per heavy atom. The van der Waals surface area contributed by atoms with Gasteiger partial charge in [-0.15, -0.1) is 0 Å². The molecule has 0 fully saturated rings. The monoisotopic (exact) mass is 308 g/mol. The van der Waals surface area contributed by atoms with Crippen LogP contribution in [0.2, 0.25) is 0 Å². The topological polar surface area (TPSA) is 42.0 Å². The number of aromatic nitrogens is 1. The number of anilines is 1. The predicted octanol–water partition coefficient (Wildman–Crippen LogP) is 4.07. The quantitative estimate of drug-likeness (QED) is 0.866. The Morgan fingerprint density at radius 1 is 1.23 bits per heavy atom. The van der Waals surface area contributed by atoms with Gasteiger partial charge in [0, 0.05) is 17.8 Å². The van der Waals surface area contributed by atoms with Crippen molar-refractivity contribution in [2.75, 3.05) is 11.9 Å². The lowest BCUT2D eigenvalue weighted by atomic mass is 10.0. The fraction of sp³-hybridized carbons (Fsp3) is 0.250. The van der Waals surface area contributed by atoms with Crippen LogP contribution in [-0.4, -0.2) is 17.3 Å². The van der Waals surface area contributed by atoms with Crippen LogP contribution in [0.4, 0.5) is 19.0 Å². The molecular formula is C16H15F3N2O. The zero-order chi connectivity index (χ0) is 16.3. The molecule has 1 heterocycles. The number of rotatable bonds is 4. The summed E-state index contributed by atoms with van der Waals surface area (Å²) < 4.78 is 38.3. The van der Waals surface area contributed by atoms with Gasteiger partial charge >= 0.3 is 6.18 Å². The molecule has 116 valence electrons. The first-order valence-electron chi connectivity index (χ1n) is 6.76. The van der Waals surface area contributed by atoms with Crippen molar-refractivity contribution in [3.8, 4) is 0 Å². The molecule has 0 radical (unpaired) electrons. The number of halogens is 3. The molecule has 6 heteroatoms. The Hall–Kier alpha value is -2.37. The van der Waals surface area contributed by atoms with E-state index in [9.17, 15) is 18.0 Å². The summed E-state index contributed by atoms with van der Waals surface area (Å²) in [5, 5.41) is 2.96. The number of hydrogen-bond donors (Lipinski definition) is 1. The smallest absolute Gasteiger partial charge is 0.370 e. The molecule has 2 aromatic rings. The molecule has 0 saturated heterocycles. The van der Waals surface area contributed by atoms with E-state index in [4.69, 9.17) is 0 Å². The van der Waals surface area contributed by atoms with Crippen molar-refractivity contribution < 1.29 is 18.0 Å². The number of carbonyl (C=O) groups is 1. The number of benzene rings is 1. The summed E-state index contributed by atoms with van der Waals surface area (Å²) in [4.78, 5) is 16.7. The summed E-state index contributed by atoms with van der Waals surface area (Å²) in [6, 6.07) is 7.62. The molecule has 0 atom stereocenters. The van der Waals surface area contributed by atoms with Gasteiger partial charge in [-0.1, -0.05) is 12.1 Å². The fourth-order valence-corrected chi connectivity index (χ4v) is 2.03. The summed E-state index contributed by atoms with van der Waals surface area (Å²) in [5.41, 5.74) is 0.117. The highest BCUT2D eigenvalue weighted by Crippen LogP contribution is 2.30. The SMILES string of the molecule is CCNc1nc(C)ccc1C(=O)c1cccc(C(F)(F)F)c1. The Morgan fingerprint density at radius 3 is 2.59 bits per heavy atom. The van der Waals surface area contributed by atoms with E-state index in [0.717, 1.165) is 17.8 Å². The molecule has 0 unspecified atom stereocenters. The van der Waals surface area contributed by atoms with Crippen LogP contribution >= 0.6 is 0 Å². The fourth-order valence-electron chi connectivity index (χ4n) is 2.03. The van der Waals surface area contributed by atoms with Crippen LogP contribution in [0.3, 0.4) is 0 Å². The highest BCUT2D eigenvalue weighted by atomic mass is 19.4. The second-order valence-corrected chi connectivity index (χ2v) is 4.79. The van der Waals surface area contributed by atoms with E-state index >= 15 is 0 Å². The van der Waals surface area contributed by atoms with E-state index < -0.39 is 17.5 Å². The summed E-state index contributed by atoms with van der Waals surface area (Å²) in [5.74, 6) is -0.112. The van der Waals surface area contributed by atoms with Crippen molar-refractivity contribution in [3.63, 3.8) is 0 Å². The van der Waals surface area contributed by atoms with Crippen molar-refractivity contribution in [2.45, 2.75) is 20.0 Å². The molecule has 0 aliphatic heterocycles. The Balaban J connectivity index is 2.44. The number of aryl methyl sites for hydroxylation is 1. The van der Waals surface area contributed by atoms with E-state index in [1.165, 1.54) is 12.1 Å².